The van der Waals surface area contributed by atoms with E-state index < -0.39 is 17.7 Å². The monoisotopic (exact) mass is 283 g/mol. The Morgan fingerprint density at radius 2 is 2.11 bits per heavy atom. The molecule has 0 saturated carbocycles. The van der Waals surface area contributed by atoms with Gasteiger partial charge in [-0.1, -0.05) is 6.07 Å². The summed E-state index contributed by atoms with van der Waals surface area (Å²) in [4.78, 5) is 1.13. The third kappa shape index (κ3) is 3.59. The molecule has 0 aliphatic rings. The van der Waals surface area contributed by atoms with Gasteiger partial charge in [-0.15, -0.1) is 11.3 Å². The standard InChI is InChI=1S/C14H15F2NOS/c1-9(14-3-2-6-19-14)17-8-13(18)11-7-10(15)4-5-12(11)16/h2-7,9,13,17-18H,8H2,1H3. The fourth-order valence-electron chi connectivity index (χ4n) is 1.81. The summed E-state index contributed by atoms with van der Waals surface area (Å²) in [5.74, 6) is -1.15. The van der Waals surface area contributed by atoms with E-state index in [2.05, 4.69) is 5.32 Å². The average Bonchev–Trinajstić information content (AvgIpc) is 2.92. The Bertz CT molecular complexity index is 530. The van der Waals surface area contributed by atoms with Gasteiger partial charge in [0.1, 0.15) is 11.6 Å². The first-order chi connectivity index (χ1) is 9.08. The molecule has 2 N–H and O–H groups in total. The third-order valence-electron chi connectivity index (χ3n) is 2.90. The topological polar surface area (TPSA) is 32.3 Å². The molecular formula is C14H15F2NOS. The molecular weight excluding hydrogens is 268 g/mol. The Balaban J connectivity index is 1.97. The van der Waals surface area contributed by atoms with Crippen molar-refractivity contribution in [2.24, 2.45) is 0 Å². The van der Waals surface area contributed by atoms with Crippen LogP contribution in [0.1, 0.15) is 29.5 Å². The number of halogens is 2. The summed E-state index contributed by atoms with van der Waals surface area (Å²) in [6, 6.07) is 7.07. The molecule has 1 aromatic carbocycles. The highest BCUT2D eigenvalue weighted by Crippen LogP contribution is 2.21. The van der Waals surface area contributed by atoms with E-state index in [-0.39, 0.29) is 18.2 Å². The molecule has 19 heavy (non-hydrogen) atoms. The predicted molar refractivity (Wildman–Crippen MR) is 72.1 cm³/mol. The predicted octanol–water partition coefficient (Wildman–Crippen LogP) is 3.41. The van der Waals surface area contributed by atoms with Crippen LogP contribution in [0.2, 0.25) is 0 Å². The minimum Gasteiger partial charge on any atom is -0.387 e. The fraction of sp³-hybridized carbons (Fsp3) is 0.286. The van der Waals surface area contributed by atoms with Crippen LogP contribution in [0.4, 0.5) is 8.78 Å². The molecule has 2 nitrogen and oxygen atoms in total. The molecule has 2 rings (SSSR count). The Labute approximate surface area is 114 Å². The van der Waals surface area contributed by atoms with E-state index in [0.717, 1.165) is 23.1 Å². The zero-order valence-corrected chi connectivity index (χ0v) is 11.3. The van der Waals surface area contributed by atoms with Crippen LogP contribution in [-0.4, -0.2) is 11.7 Å². The Morgan fingerprint density at radius 1 is 1.32 bits per heavy atom. The third-order valence-corrected chi connectivity index (χ3v) is 3.96. The molecule has 0 fully saturated rings. The van der Waals surface area contributed by atoms with Gasteiger partial charge in [-0.3, -0.25) is 0 Å². The first-order valence-corrected chi connectivity index (χ1v) is 6.85. The van der Waals surface area contributed by atoms with Crippen LogP contribution in [-0.2, 0) is 0 Å². The van der Waals surface area contributed by atoms with Crippen LogP contribution >= 0.6 is 11.3 Å². The molecule has 1 aromatic heterocycles. The number of nitrogens with one attached hydrogen (secondary N) is 1. The smallest absolute Gasteiger partial charge is 0.129 e. The molecule has 0 bridgehead atoms. The molecule has 102 valence electrons. The lowest BCUT2D eigenvalue weighted by Gasteiger charge is -2.17. The van der Waals surface area contributed by atoms with E-state index >= 15 is 0 Å². The Kier molecular flexibility index (Phi) is 4.63. The van der Waals surface area contributed by atoms with Gasteiger partial charge in [-0.2, -0.15) is 0 Å². The second-order valence-electron chi connectivity index (χ2n) is 4.33. The Morgan fingerprint density at radius 3 is 2.79 bits per heavy atom. The maximum Gasteiger partial charge on any atom is 0.129 e. The lowest BCUT2D eigenvalue weighted by atomic mass is 10.1. The van der Waals surface area contributed by atoms with Crippen LogP contribution < -0.4 is 5.32 Å². The largest absolute Gasteiger partial charge is 0.387 e. The van der Waals surface area contributed by atoms with Gasteiger partial charge in [0.05, 0.1) is 6.10 Å². The van der Waals surface area contributed by atoms with Crippen LogP contribution in [0, 0.1) is 11.6 Å². The van der Waals surface area contributed by atoms with E-state index in [9.17, 15) is 13.9 Å². The summed E-state index contributed by atoms with van der Waals surface area (Å²) in [5, 5.41) is 15.0. The quantitative estimate of drug-likeness (QED) is 0.881. The van der Waals surface area contributed by atoms with Crippen molar-refractivity contribution in [2.45, 2.75) is 19.1 Å². The highest BCUT2D eigenvalue weighted by Gasteiger charge is 2.15. The second-order valence-corrected chi connectivity index (χ2v) is 5.31. The average molecular weight is 283 g/mol. The number of aliphatic hydroxyl groups is 1. The van der Waals surface area contributed by atoms with Crippen LogP contribution in [0.25, 0.3) is 0 Å². The number of hydrogen-bond acceptors (Lipinski definition) is 3. The van der Waals surface area contributed by atoms with Crippen molar-refractivity contribution in [3.8, 4) is 0 Å². The minimum absolute atomic E-state index is 0.0223. The summed E-state index contributed by atoms with van der Waals surface area (Å²) in [7, 11) is 0. The molecule has 2 atom stereocenters. The molecule has 0 amide bonds. The van der Waals surface area contributed by atoms with Gasteiger partial charge in [0, 0.05) is 23.0 Å². The van der Waals surface area contributed by atoms with Crippen LogP contribution in [0.3, 0.4) is 0 Å². The van der Waals surface area contributed by atoms with Crippen molar-refractivity contribution in [2.75, 3.05) is 6.54 Å². The van der Waals surface area contributed by atoms with Crippen molar-refractivity contribution in [3.63, 3.8) is 0 Å². The van der Waals surface area contributed by atoms with Gasteiger partial charge < -0.3 is 10.4 Å². The fourth-order valence-corrected chi connectivity index (χ4v) is 2.57. The number of rotatable bonds is 5. The molecule has 0 radical (unpaired) electrons. The SMILES string of the molecule is CC(NCC(O)c1cc(F)ccc1F)c1cccs1. The lowest BCUT2D eigenvalue weighted by molar-refractivity contribution is 0.166. The molecule has 2 unspecified atom stereocenters. The van der Waals surface area contributed by atoms with Crippen molar-refractivity contribution in [1.82, 2.24) is 5.32 Å². The van der Waals surface area contributed by atoms with Gasteiger partial charge in [0.15, 0.2) is 0 Å². The van der Waals surface area contributed by atoms with Crippen molar-refractivity contribution in [1.29, 1.82) is 0 Å². The normalized spacial score (nSPS) is 14.3. The van der Waals surface area contributed by atoms with Gasteiger partial charge >= 0.3 is 0 Å². The first kappa shape index (κ1) is 14.1. The summed E-state index contributed by atoms with van der Waals surface area (Å²) >= 11 is 1.61. The summed E-state index contributed by atoms with van der Waals surface area (Å²) < 4.78 is 26.5. The minimum atomic E-state index is -1.07. The first-order valence-electron chi connectivity index (χ1n) is 5.97. The van der Waals surface area contributed by atoms with Crippen molar-refractivity contribution in [3.05, 3.63) is 57.8 Å². The van der Waals surface area contributed by atoms with Gasteiger partial charge in [-0.05, 0) is 36.6 Å². The number of thiophene rings is 1. The molecule has 0 spiro atoms. The molecule has 1 heterocycles. The van der Waals surface area contributed by atoms with Crippen LogP contribution in [0.5, 0.6) is 0 Å². The van der Waals surface area contributed by atoms with E-state index in [1.807, 2.05) is 24.4 Å². The number of benzene rings is 1. The van der Waals surface area contributed by atoms with Gasteiger partial charge in [-0.25, -0.2) is 8.78 Å². The maximum atomic E-state index is 13.5. The molecule has 0 saturated heterocycles. The van der Waals surface area contributed by atoms with Crippen LogP contribution in [0.15, 0.2) is 35.7 Å². The highest BCUT2D eigenvalue weighted by atomic mass is 32.1. The van der Waals surface area contributed by atoms with Gasteiger partial charge in [0.25, 0.3) is 0 Å². The number of hydrogen-bond donors (Lipinski definition) is 2. The molecule has 2 aromatic rings. The van der Waals surface area contributed by atoms with Crippen molar-refractivity contribution >= 4 is 11.3 Å². The van der Waals surface area contributed by atoms with Gasteiger partial charge in [0.2, 0.25) is 0 Å². The summed E-state index contributed by atoms with van der Waals surface area (Å²) in [5.41, 5.74) is -0.0223. The summed E-state index contributed by atoms with van der Waals surface area (Å²) in [6.45, 7) is 2.12. The van der Waals surface area contributed by atoms with E-state index in [1.165, 1.54) is 0 Å². The van der Waals surface area contributed by atoms with E-state index in [0.29, 0.717) is 0 Å². The van der Waals surface area contributed by atoms with E-state index in [4.69, 9.17) is 0 Å². The van der Waals surface area contributed by atoms with E-state index in [1.54, 1.807) is 11.3 Å². The lowest BCUT2D eigenvalue weighted by Crippen LogP contribution is -2.24. The second kappa shape index (κ2) is 6.23. The molecule has 0 aliphatic heterocycles. The summed E-state index contributed by atoms with van der Waals surface area (Å²) in [6.07, 6.45) is -1.07. The number of aliphatic hydroxyl groups excluding tert-OH is 1. The molecule has 5 heteroatoms. The zero-order valence-electron chi connectivity index (χ0n) is 10.4. The highest BCUT2D eigenvalue weighted by molar-refractivity contribution is 7.10. The maximum absolute atomic E-state index is 13.5. The molecule has 0 aliphatic carbocycles. The Hall–Kier alpha value is -1.30. The van der Waals surface area contributed by atoms with Crippen molar-refractivity contribution < 1.29 is 13.9 Å². The zero-order chi connectivity index (χ0) is 13.8.